The summed E-state index contributed by atoms with van der Waals surface area (Å²) in [4.78, 5) is 26.5. The molecule has 0 bridgehead atoms. The molecular weight excluding hydrogens is 434 g/mol. The summed E-state index contributed by atoms with van der Waals surface area (Å²) in [5.74, 6) is -2.17. The molecule has 9 nitrogen and oxygen atoms in total. The Kier molecular flexibility index (Phi) is 7.57. The fourth-order valence-electron chi connectivity index (χ4n) is 3.53. The van der Waals surface area contributed by atoms with Gasteiger partial charge in [0.15, 0.2) is 16.7 Å². The van der Waals surface area contributed by atoms with Gasteiger partial charge >= 0.3 is 6.09 Å². The number of methoxy groups -OCH3 is 1. The standard InChI is InChI=1S/C19H24F2N4O5S/c1-29-17(31)3-2-13-10-24(19(28)30-13)12-8-14(20)18(15(21)9-12)23-5-4-22-25(7-6-23)16(27)11-26/h8-9,13,22,26H,2-7,10-11H2,1H3/t13-/m0/s1. The van der Waals surface area contributed by atoms with Gasteiger partial charge in [0, 0.05) is 38.2 Å². The molecule has 12 heteroatoms. The molecule has 0 unspecified atom stereocenters. The molecule has 1 atom stereocenters. The molecule has 0 aliphatic carbocycles. The second-order valence-electron chi connectivity index (χ2n) is 7.09. The predicted octanol–water partition coefficient (Wildman–Crippen LogP) is 1.19. The van der Waals surface area contributed by atoms with Crippen LogP contribution in [0, 0.1) is 11.6 Å². The molecule has 2 aliphatic rings. The van der Waals surface area contributed by atoms with Crippen molar-refractivity contribution in [3.8, 4) is 0 Å². The Labute approximate surface area is 183 Å². The molecule has 3 rings (SSSR count). The lowest BCUT2D eigenvalue weighted by molar-refractivity contribution is -0.136. The van der Waals surface area contributed by atoms with E-state index in [1.54, 1.807) is 0 Å². The minimum absolute atomic E-state index is 0.0607. The van der Waals surface area contributed by atoms with Gasteiger partial charge in [-0.25, -0.2) is 19.0 Å². The van der Waals surface area contributed by atoms with E-state index in [2.05, 4.69) is 5.43 Å². The molecule has 2 fully saturated rings. The first-order valence-corrected chi connectivity index (χ1v) is 10.2. The van der Waals surface area contributed by atoms with Gasteiger partial charge in [0.2, 0.25) is 0 Å². The summed E-state index contributed by atoms with van der Waals surface area (Å²) in [5, 5.41) is 10.6. The van der Waals surface area contributed by atoms with Crippen LogP contribution >= 0.6 is 12.2 Å². The number of carbonyl (C=O) groups excluding carboxylic acids is 2. The van der Waals surface area contributed by atoms with Crippen molar-refractivity contribution in [3.05, 3.63) is 23.8 Å². The Morgan fingerprint density at radius 1 is 1.32 bits per heavy atom. The van der Waals surface area contributed by atoms with Gasteiger partial charge in [-0.15, -0.1) is 0 Å². The van der Waals surface area contributed by atoms with E-state index in [0.717, 1.165) is 12.1 Å². The van der Waals surface area contributed by atoms with E-state index in [9.17, 15) is 18.4 Å². The van der Waals surface area contributed by atoms with Crippen LogP contribution in [0.2, 0.25) is 0 Å². The number of ether oxygens (including phenoxy) is 2. The van der Waals surface area contributed by atoms with Crippen molar-refractivity contribution in [2.75, 3.05) is 56.2 Å². The number of thiocarbonyl (C=S) groups is 1. The minimum Gasteiger partial charge on any atom is -0.490 e. The molecule has 2 amide bonds. The highest BCUT2D eigenvalue weighted by molar-refractivity contribution is 7.80. The number of carbonyl (C=O) groups is 2. The normalized spacial score (nSPS) is 19.3. The zero-order chi connectivity index (χ0) is 22.5. The van der Waals surface area contributed by atoms with Gasteiger partial charge in [0.1, 0.15) is 18.4 Å². The van der Waals surface area contributed by atoms with Crippen LogP contribution in [0.5, 0.6) is 0 Å². The smallest absolute Gasteiger partial charge is 0.414 e. The Morgan fingerprint density at radius 2 is 2.03 bits per heavy atom. The molecule has 2 saturated heterocycles. The lowest BCUT2D eigenvalue weighted by Gasteiger charge is -2.25. The Morgan fingerprint density at radius 3 is 2.68 bits per heavy atom. The Bertz CT molecular complexity index is 836. The van der Waals surface area contributed by atoms with Crippen LogP contribution in [0.4, 0.5) is 25.0 Å². The van der Waals surface area contributed by atoms with E-state index in [-0.39, 0.29) is 44.1 Å². The van der Waals surface area contributed by atoms with E-state index in [1.807, 2.05) is 0 Å². The minimum atomic E-state index is -0.825. The van der Waals surface area contributed by atoms with Crippen LogP contribution in [-0.4, -0.2) is 79.7 Å². The van der Waals surface area contributed by atoms with E-state index in [0.29, 0.717) is 17.9 Å². The lowest BCUT2D eigenvalue weighted by atomic mass is 10.2. The van der Waals surface area contributed by atoms with Crippen molar-refractivity contribution < 1.29 is 33.0 Å². The summed E-state index contributed by atoms with van der Waals surface area (Å²) in [6.45, 7) is 0.304. The highest BCUT2D eigenvalue weighted by atomic mass is 32.1. The fraction of sp³-hybridized carbons (Fsp3) is 0.526. The van der Waals surface area contributed by atoms with Crippen LogP contribution in [0.15, 0.2) is 12.1 Å². The zero-order valence-electron chi connectivity index (χ0n) is 17.0. The average molecular weight is 458 g/mol. The number of nitrogens with zero attached hydrogens (tertiary/aromatic N) is 3. The second kappa shape index (κ2) is 10.2. The maximum absolute atomic E-state index is 14.9. The highest BCUT2D eigenvalue weighted by Crippen LogP contribution is 2.31. The number of hydrogen-bond donors (Lipinski definition) is 2. The van der Waals surface area contributed by atoms with Crippen LogP contribution in [0.1, 0.15) is 12.8 Å². The number of nitrogens with one attached hydrogen (secondary N) is 1. The molecule has 31 heavy (non-hydrogen) atoms. The number of halogens is 2. The van der Waals surface area contributed by atoms with Gasteiger partial charge in [-0.3, -0.25) is 14.7 Å². The van der Waals surface area contributed by atoms with Crippen LogP contribution in [0.3, 0.4) is 0 Å². The van der Waals surface area contributed by atoms with E-state index in [1.165, 1.54) is 21.9 Å². The highest BCUT2D eigenvalue weighted by Gasteiger charge is 2.34. The van der Waals surface area contributed by atoms with Gasteiger partial charge < -0.3 is 19.5 Å². The number of benzene rings is 1. The number of amides is 2. The Balaban J connectivity index is 1.71. The van der Waals surface area contributed by atoms with Crippen LogP contribution < -0.4 is 15.2 Å². The van der Waals surface area contributed by atoms with Crippen molar-refractivity contribution in [2.45, 2.75) is 18.9 Å². The molecule has 2 aliphatic heterocycles. The van der Waals surface area contributed by atoms with Crippen molar-refractivity contribution >= 4 is 40.6 Å². The Hall–Kier alpha value is -2.57. The number of hydrogen-bond acceptors (Lipinski definition) is 8. The number of anilines is 2. The maximum atomic E-state index is 14.9. The van der Waals surface area contributed by atoms with Gasteiger partial charge in [-0.05, 0) is 18.6 Å². The first kappa shape index (κ1) is 23.1. The van der Waals surface area contributed by atoms with Gasteiger partial charge in [-0.2, -0.15) is 0 Å². The van der Waals surface area contributed by atoms with Gasteiger partial charge in [0.05, 0.1) is 25.9 Å². The third-order valence-corrected chi connectivity index (χ3v) is 5.49. The van der Waals surface area contributed by atoms with E-state index >= 15 is 0 Å². The summed E-state index contributed by atoms with van der Waals surface area (Å²) in [5.41, 5.74) is 2.63. The van der Waals surface area contributed by atoms with Crippen molar-refractivity contribution in [2.24, 2.45) is 0 Å². The largest absolute Gasteiger partial charge is 0.490 e. The van der Waals surface area contributed by atoms with Gasteiger partial charge in [-0.1, -0.05) is 0 Å². The van der Waals surface area contributed by atoms with Gasteiger partial charge in [0.25, 0.3) is 5.91 Å². The molecule has 0 aromatic heterocycles. The molecule has 0 spiro atoms. The zero-order valence-corrected chi connectivity index (χ0v) is 17.8. The van der Waals surface area contributed by atoms with Crippen LogP contribution in [0.25, 0.3) is 0 Å². The summed E-state index contributed by atoms with van der Waals surface area (Å²) < 4.78 is 40.0. The average Bonchev–Trinajstić information content (AvgIpc) is 2.95. The molecule has 0 saturated carbocycles. The number of cyclic esters (lactones) is 1. The molecule has 170 valence electrons. The van der Waals surface area contributed by atoms with E-state index in [4.69, 9.17) is 26.8 Å². The summed E-state index contributed by atoms with van der Waals surface area (Å²) in [6.07, 6.45) is -0.269. The van der Waals surface area contributed by atoms with Crippen molar-refractivity contribution in [3.63, 3.8) is 0 Å². The molecule has 1 aromatic rings. The topological polar surface area (TPSA) is 94.6 Å². The fourth-order valence-corrected chi connectivity index (χ4v) is 3.64. The van der Waals surface area contributed by atoms with Crippen LogP contribution in [-0.2, 0) is 14.3 Å². The molecule has 0 radical (unpaired) electrons. The summed E-state index contributed by atoms with van der Waals surface area (Å²) in [6, 6.07) is 2.19. The summed E-state index contributed by atoms with van der Waals surface area (Å²) >= 11 is 4.97. The second-order valence-corrected chi connectivity index (χ2v) is 7.54. The van der Waals surface area contributed by atoms with Crippen molar-refractivity contribution in [1.29, 1.82) is 0 Å². The lowest BCUT2D eigenvalue weighted by Crippen LogP contribution is -2.45. The molecule has 1 aromatic carbocycles. The first-order valence-electron chi connectivity index (χ1n) is 9.77. The number of aliphatic hydroxyl groups excluding tert-OH is 1. The third kappa shape index (κ3) is 5.38. The number of rotatable bonds is 6. The molecular formula is C19H24F2N4O5S. The summed E-state index contributed by atoms with van der Waals surface area (Å²) in [7, 11) is 1.46. The first-order chi connectivity index (χ1) is 14.8. The SMILES string of the molecule is COC(=S)CC[C@H]1CN(c2cc(F)c(N3CCNN(C(=O)CO)CC3)c(F)c2)C(=O)O1. The van der Waals surface area contributed by atoms with Crippen molar-refractivity contribution in [1.82, 2.24) is 10.4 Å². The molecule has 2 heterocycles. The number of hydrazine groups is 1. The quantitative estimate of drug-likeness (QED) is 0.614. The molecule has 2 N–H and O–H groups in total. The predicted molar refractivity (Wildman–Crippen MR) is 112 cm³/mol. The van der Waals surface area contributed by atoms with E-state index < -0.39 is 36.3 Å². The number of aliphatic hydroxyl groups is 1. The third-order valence-electron chi connectivity index (χ3n) is 5.12. The monoisotopic (exact) mass is 458 g/mol. The maximum Gasteiger partial charge on any atom is 0.414 e.